The molecule has 0 spiro atoms. The molecule has 0 saturated carbocycles. The van der Waals surface area contributed by atoms with Gasteiger partial charge >= 0.3 is 5.97 Å². The molecule has 1 aromatic rings. The molecule has 3 nitrogen and oxygen atoms in total. The summed E-state index contributed by atoms with van der Waals surface area (Å²) in [6.07, 6.45) is 1.93. The lowest BCUT2D eigenvalue weighted by Gasteiger charge is -2.11. The van der Waals surface area contributed by atoms with Gasteiger partial charge in [-0.1, -0.05) is 13.3 Å². The zero-order valence-corrected chi connectivity index (χ0v) is 11.1. The first-order chi connectivity index (χ1) is 8.17. The Kier molecular flexibility index (Phi) is 5.91. The van der Waals surface area contributed by atoms with E-state index in [1.54, 1.807) is 6.92 Å². The van der Waals surface area contributed by atoms with Crippen LogP contribution < -0.4 is 4.74 Å². The van der Waals surface area contributed by atoms with Crippen molar-refractivity contribution in [1.29, 1.82) is 0 Å². The number of benzene rings is 1. The molecule has 0 unspecified atom stereocenters. The predicted molar refractivity (Wildman–Crippen MR) is 69.8 cm³/mol. The zero-order chi connectivity index (χ0) is 12.7. The highest BCUT2D eigenvalue weighted by atomic mass is 32.1. The Morgan fingerprint density at radius 2 is 2.12 bits per heavy atom. The van der Waals surface area contributed by atoms with Crippen molar-refractivity contribution in [2.24, 2.45) is 0 Å². The summed E-state index contributed by atoms with van der Waals surface area (Å²) in [6.45, 7) is 4.20. The highest BCUT2D eigenvalue weighted by Gasteiger charge is 2.07. The maximum Gasteiger partial charge on any atom is 0.344 e. The Balaban J connectivity index is 2.66. The van der Waals surface area contributed by atoms with Gasteiger partial charge in [-0.2, -0.15) is 0 Å². The van der Waals surface area contributed by atoms with E-state index in [9.17, 15) is 4.79 Å². The summed E-state index contributed by atoms with van der Waals surface area (Å²) in [4.78, 5) is 12.1. The number of ether oxygens (including phenoxy) is 2. The van der Waals surface area contributed by atoms with Gasteiger partial charge in [0.15, 0.2) is 6.61 Å². The first-order valence-electron chi connectivity index (χ1n) is 5.77. The predicted octanol–water partition coefficient (Wildman–Crippen LogP) is 2.87. The molecule has 0 N–H and O–H groups in total. The van der Waals surface area contributed by atoms with E-state index in [1.807, 2.05) is 18.2 Å². The molecule has 94 valence electrons. The minimum absolute atomic E-state index is 0.0452. The average Bonchev–Trinajstić information content (AvgIpc) is 2.29. The smallest absolute Gasteiger partial charge is 0.344 e. The number of carbonyl (C=O) groups excluding carboxylic acids is 1. The van der Waals surface area contributed by atoms with Gasteiger partial charge in [0.25, 0.3) is 0 Å². The van der Waals surface area contributed by atoms with Crippen LogP contribution in [0.3, 0.4) is 0 Å². The lowest BCUT2D eigenvalue weighted by molar-refractivity contribution is -0.145. The zero-order valence-electron chi connectivity index (χ0n) is 10.2. The summed E-state index contributed by atoms with van der Waals surface area (Å²) in [5, 5.41) is 0. The summed E-state index contributed by atoms with van der Waals surface area (Å²) in [6, 6.07) is 5.66. The van der Waals surface area contributed by atoms with Gasteiger partial charge in [0.1, 0.15) is 5.75 Å². The molecule has 0 amide bonds. The molecule has 0 aliphatic carbocycles. The van der Waals surface area contributed by atoms with Gasteiger partial charge in [0, 0.05) is 4.90 Å². The van der Waals surface area contributed by atoms with Gasteiger partial charge in [0.2, 0.25) is 0 Å². The van der Waals surface area contributed by atoms with Crippen LogP contribution in [0.2, 0.25) is 0 Å². The Hall–Kier alpha value is -1.16. The highest BCUT2D eigenvalue weighted by molar-refractivity contribution is 7.80. The van der Waals surface area contributed by atoms with Crippen molar-refractivity contribution in [3.8, 4) is 5.75 Å². The molecule has 1 rings (SSSR count). The minimum Gasteiger partial charge on any atom is -0.482 e. The van der Waals surface area contributed by atoms with Crippen LogP contribution >= 0.6 is 12.6 Å². The molecular weight excluding hydrogens is 236 g/mol. The maximum absolute atomic E-state index is 11.2. The van der Waals surface area contributed by atoms with E-state index in [0.717, 1.165) is 29.1 Å². The van der Waals surface area contributed by atoms with Crippen molar-refractivity contribution in [2.45, 2.75) is 31.6 Å². The van der Waals surface area contributed by atoms with E-state index in [1.165, 1.54) is 0 Å². The number of hydrogen-bond acceptors (Lipinski definition) is 4. The lowest BCUT2D eigenvalue weighted by Crippen LogP contribution is -2.15. The fourth-order valence-electron chi connectivity index (χ4n) is 1.51. The monoisotopic (exact) mass is 254 g/mol. The standard InChI is InChI=1S/C13H18O3S/c1-3-5-10-8-11(17)6-7-12(10)16-9-13(14)15-4-2/h6-8,17H,3-5,9H2,1-2H3. The number of rotatable bonds is 6. The van der Waals surface area contributed by atoms with Crippen LogP contribution in [0, 0.1) is 0 Å². The SMILES string of the molecule is CCCc1cc(S)ccc1OCC(=O)OCC. The Morgan fingerprint density at radius 3 is 2.76 bits per heavy atom. The molecule has 4 heteroatoms. The molecule has 0 atom stereocenters. The fourth-order valence-corrected chi connectivity index (χ4v) is 1.74. The van der Waals surface area contributed by atoms with Crippen LogP contribution in [0.5, 0.6) is 5.75 Å². The van der Waals surface area contributed by atoms with Crippen LogP contribution in [0.1, 0.15) is 25.8 Å². The number of aryl methyl sites for hydroxylation is 1. The third kappa shape index (κ3) is 4.69. The average molecular weight is 254 g/mol. The Labute approximate surface area is 108 Å². The van der Waals surface area contributed by atoms with Gasteiger partial charge < -0.3 is 9.47 Å². The molecule has 0 fully saturated rings. The van der Waals surface area contributed by atoms with Crippen molar-refractivity contribution in [3.63, 3.8) is 0 Å². The Morgan fingerprint density at radius 1 is 1.35 bits per heavy atom. The second-order valence-corrected chi connectivity index (χ2v) is 4.15. The molecule has 0 aromatic heterocycles. The van der Waals surface area contributed by atoms with Crippen molar-refractivity contribution in [1.82, 2.24) is 0 Å². The van der Waals surface area contributed by atoms with E-state index in [-0.39, 0.29) is 12.6 Å². The van der Waals surface area contributed by atoms with Crippen molar-refractivity contribution in [2.75, 3.05) is 13.2 Å². The molecule has 1 aromatic carbocycles. The first kappa shape index (κ1) is 13.9. The van der Waals surface area contributed by atoms with Gasteiger partial charge in [0.05, 0.1) is 6.61 Å². The highest BCUT2D eigenvalue weighted by Crippen LogP contribution is 2.23. The first-order valence-corrected chi connectivity index (χ1v) is 6.22. The van der Waals surface area contributed by atoms with Gasteiger partial charge in [-0.25, -0.2) is 4.79 Å². The quantitative estimate of drug-likeness (QED) is 0.626. The third-order valence-corrected chi connectivity index (χ3v) is 2.49. The van der Waals surface area contributed by atoms with E-state index < -0.39 is 0 Å². The summed E-state index contributed by atoms with van der Waals surface area (Å²) in [7, 11) is 0. The van der Waals surface area contributed by atoms with Crippen LogP contribution in [-0.2, 0) is 16.0 Å². The number of carbonyl (C=O) groups is 1. The summed E-state index contributed by atoms with van der Waals surface area (Å²) < 4.78 is 10.3. The fraction of sp³-hybridized carbons (Fsp3) is 0.462. The molecule has 0 radical (unpaired) electrons. The summed E-state index contributed by atoms with van der Waals surface area (Å²) in [5.74, 6) is 0.391. The third-order valence-electron chi connectivity index (χ3n) is 2.21. The van der Waals surface area contributed by atoms with Crippen LogP contribution in [0.4, 0.5) is 0 Å². The van der Waals surface area contributed by atoms with Crippen molar-refractivity contribution < 1.29 is 14.3 Å². The van der Waals surface area contributed by atoms with Gasteiger partial charge in [-0.15, -0.1) is 12.6 Å². The molecular formula is C13H18O3S. The van der Waals surface area contributed by atoms with E-state index in [2.05, 4.69) is 19.6 Å². The van der Waals surface area contributed by atoms with Crippen LogP contribution in [0.25, 0.3) is 0 Å². The molecule has 17 heavy (non-hydrogen) atoms. The topological polar surface area (TPSA) is 35.5 Å². The largest absolute Gasteiger partial charge is 0.482 e. The number of esters is 1. The van der Waals surface area contributed by atoms with Crippen LogP contribution in [-0.4, -0.2) is 19.2 Å². The minimum atomic E-state index is -0.343. The molecule has 0 aliphatic rings. The van der Waals surface area contributed by atoms with Crippen molar-refractivity contribution >= 4 is 18.6 Å². The number of thiol groups is 1. The van der Waals surface area contributed by atoms with E-state index in [0.29, 0.717) is 6.61 Å². The molecule has 0 heterocycles. The van der Waals surface area contributed by atoms with E-state index in [4.69, 9.17) is 9.47 Å². The Bertz CT molecular complexity index is 377. The molecule has 0 bridgehead atoms. The van der Waals surface area contributed by atoms with Crippen molar-refractivity contribution in [3.05, 3.63) is 23.8 Å². The molecule has 0 aliphatic heterocycles. The summed E-state index contributed by atoms with van der Waals surface area (Å²) in [5.41, 5.74) is 1.07. The van der Waals surface area contributed by atoms with Gasteiger partial charge in [-0.3, -0.25) is 0 Å². The summed E-state index contributed by atoms with van der Waals surface area (Å²) >= 11 is 4.29. The number of hydrogen-bond donors (Lipinski definition) is 1. The lowest BCUT2D eigenvalue weighted by atomic mass is 10.1. The van der Waals surface area contributed by atoms with Crippen LogP contribution in [0.15, 0.2) is 23.1 Å². The maximum atomic E-state index is 11.2. The second-order valence-electron chi connectivity index (χ2n) is 3.64. The normalized spacial score (nSPS) is 10.1. The van der Waals surface area contributed by atoms with Gasteiger partial charge in [-0.05, 0) is 37.1 Å². The second kappa shape index (κ2) is 7.22. The van der Waals surface area contributed by atoms with E-state index >= 15 is 0 Å². The molecule has 0 saturated heterocycles.